The summed E-state index contributed by atoms with van der Waals surface area (Å²) >= 11 is 0. The fourth-order valence-electron chi connectivity index (χ4n) is 1.40. The van der Waals surface area contributed by atoms with Crippen molar-refractivity contribution in [1.82, 2.24) is 9.78 Å². The minimum Gasteiger partial charge on any atom is -0.493 e. The van der Waals surface area contributed by atoms with Gasteiger partial charge in [-0.2, -0.15) is 5.10 Å². The first kappa shape index (κ1) is 11.0. The van der Waals surface area contributed by atoms with Crippen molar-refractivity contribution in [3.8, 4) is 5.75 Å². The molecule has 1 unspecified atom stereocenters. The van der Waals surface area contributed by atoms with Crippen LogP contribution < -0.4 is 4.74 Å². The molecule has 0 aliphatic rings. The topological polar surface area (TPSA) is 47.3 Å². The van der Waals surface area contributed by atoms with Crippen LogP contribution in [0.15, 0.2) is 6.20 Å². The number of hydrogen-bond donors (Lipinski definition) is 1. The maximum Gasteiger partial charge on any atom is 0.162 e. The molecule has 1 aromatic rings. The van der Waals surface area contributed by atoms with E-state index in [0.717, 1.165) is 12.2 Å². The van der Waals surface area contributed by atoms with Crippen molar-refractivity contribution in [1.29, 1.82) is 0 Å². The lowest BCUT2D eigenvalue weighted by atomic mass is 10.0. The molecule has 0 aliphatic heterocycles. The summed E-state index contributed by atoms with van der Waals surface area (Å²) in [6.07, 6.45) is 1.12. The maximum absolute atomic E-state index is 9.97. The summed E-state index contributed by atoms with van der Waals surface area (Å²) in [4.78, 5) is 0. The van der Waals surface area contributed by atoms with E-state index in [9.17, 15) is 5.11 Å². The van der Waals surface area contributed by atoms with Gasteiger partial charge >= 0.3 is 0 Å². The predicted molar refractivity (Wildman–Crippen MR) is 54.3 cm³/mol. The van der Waals surface area contributed by atoms with E-state index < -0.39 is 6.10 Å². The summed E-state index contributed by atoms with van der Waals surface area (Å²) in [7, 11) is 1.59. The van der Waals surface area contributed by atoms with Crippen LogP contribution in [0.1, 0.15) is 32.6 Å². The fourth-order valence-corrected chi connectivity index (χ4v) is 1.40. The Morgan fingerprint density at radius 1 is 1.57 bits per heavy atom. The van der Waals surface area contributed by atoms with E-state index in [1.165, 1.54) is 0 Å². The van der Waals surface area contributed by atoms with Crippen LogP contribution in [0, 0.1) is 5.92 Å². The molecular weight excluding hydrogens is 180 g/mol. The van der Waals surface area contributed by atoms with Gasteiger partial charge in [0.05, 0.1) is 13.3 Å². The van der Waals surface area contributed by atoms with E-state index in [2.05, 4.69) is 5.10 Å². The summed E-state index contributed by atoms with van der Waals surface area (Å²) in [5.74, 6) is 0.818. The lowest BCUT2D eigenvalue weighted by Gasteiger charge is -2.17. The fraction of sp³-hybridized carbons (Fsp3) is 0.700. The average molecular weight is 198 g/mol. The molecule has 0 aromatic carbocycles. The first-order chi connectivity index (χ1) is 6.61. The number of aromatic nitrogens is 2. The van der Waals surface area contributed by atoms with Crippen LogP contribution >= 0.6 is 0 Å². The molecule has 0 saturated heterocycles. The third-order valence-corrected chi connectivity index (χ3v) is 2.28. The normalized spacial score (nSPS) is 13.3. The molecule has 1 heterocycles. The molecule has 0 saturated carbocycles. The molecular formula is C10H18N2O2. The third kappa shape index (κ3) is 1.90. The van der Waals surface area contributed by atoms with E-state index in [0.29, 0.717) is 5.75 Å². The van der Waals surface area contributed by atoms with Crippen molar-refractivity contribution in [2.24, 2.45) is 5.92 Å². The average Bonchev–Trinajstić information content (AvgIpc) is 2.58. The molecule has 14 heavy (non-hydrogen) atoms. The maximum atomic E-state index is 9.97. The smallest absolute Gasteiger partial charge is 0.162 e. The number of aryl methyl sites for hydroxylation is 1. The Bertz CT molecular complexity index is 273. The van der Waals surface area contributed by atoms with Gasteiger partial charge in [0, 0.05) is 6.54 Å². The SMILES string of the molecule is CCn1ncc(OC)c1C(O)C(C)C. The first-order valence-corrected chi connectivity index (χ1v) is 4.89. The van der Waals surface area contributed by atoms with E-state index in [1.54, 1.807) is 18.0 Å². The lowest BCUT2D eigenvalue weighted by Crippen LogP contribution is -2.13. The van der Waals surface area contributed by atoms with Crippen molar-refractivity contribution < 1.29 is 9.84 Å². The zero-order valence-corrected chi connectivity index (χ0v) is 9.19. The van der Waals surface area contributed by atoms with Crippen molar-refractivity contribution in [3.63, 3.8) is 0 Å². The van der Waals surface area contributed by atoms with Crippen LogP contribution in [-0.2, 0) is 6.54 Å². The van der Waals surface area contributed by atoms with Crippen molar-refractivity contribution in [2.75, 3.05) is 7.11 Å². The Labute approximate surface area is 84.5 Å². The van der Waals surface area contributed by atoms with Crippen molar-refractivity contribution >= 4 is 0 Å². The predicted octanol–water partition coefficient (Wildman–Crippen LogP) is 1.60. The summed E-state index contributed by atoms with van der Waals surface area (Å²) in [5, 5.41) is 14.1. The van der Waals surface area contributed by atoms with Crippen molar-refractivity contribution in [3.05, 3.63) is 11.9 Å². The Balaban J connectivity index is 3.07. The first-order valence-electron chi connectivity index (χ1n) is 4.89. The highest BCUT2D eigenvalue weighted by Gasteiger charge is 2.21. The second-order valence-corrected chi connectivity index (χ2v) is 3.60. The second kappa shape index (κ2) is 4.46. The minimum absolute atomic E-state index is 0.158. The Morgan fingerprint density at radius 2 is 2.21 bits per heavy atom. The van der Waals surface area contributed by atoms with Gasteiger partial charge in [-0.15, -0.1) is 0 Å². The van der Waals surface area contributed by atoms with Crippen LogP contribution in [0.2, 0.25) is 0 Å². The number of aliphatic hydroxyl groups is 1. The highest BCUT2D eigenvalue weighted by molar-refractivity contribution is 5.27. The zero-order chi connectivity index (χ0) is 10.7. The van der Waals surface area contributed by atoms with Gasteiger partial charge in [0.15, 0.2) is 5.75 Å². The molecule has 0 aliphatic carbocycles. The van der Waals surface area contributed by atoms with Gasteiger partial charge in [-0.3, -0.25) is 4.68 Å². The number of hydrogen-bond acceptors (Lipinski definition) is 3. The molecule has 1 N–H and O–H groups in total. The molecule has 0 spiro atoms. The van der Waals surface area contributed by atoms with E-state index in [4.69, 9.17) is 4.74 Å². The Kier molecular flexibility index (Phi) is 3.52. The van der Waals surface area contributed by atoms with Crippen LogP contribution in [0.25, 0.3) is 0 Å². The lowest BCUT2D eigenvalue weighted by molar-refractivity contribution is 0.114. The number of ether oxygens (including phenoxy) is 1. The Hall–Kier alpha value is -1.03. The molecule has 1 aromatic heterocycles. The number of methoxy groups -OCH3 is 1. The van der Waals surface area contributed by atoms with Gasteiger partial charge in [0.1, 0.15) is 11.8 Å². The van der Waals surface area contributed by atoms with Crippen molar-refractivity contribution in [2.45, 2.75) is 33.4 Å². The van der Waals surface area contributed by atoms with Gasteiger partial charge in [0.2, 0.25) is 0 Å². The second-order valence-electron chi connectivity index (χ2n) is 3.60. The molecule has 1 atom stereocenters. The van der Waals surface area contributed by atoms with Crippen LogP contribution in [0.4, 0.5) is 0 Å². The summed E-state index contributed by atoms with van der Waals surface area (Å²) in [6, 6.07) is 0. The van der Waals surface area contributed by atoms with E-state index >= 15 is 0 Å². The summed E-state index contributed by atoms with van der Waals surface area (Å²) in [5.41, 5.74) is 0.769. The van der Waals surface area contributed by atoms with Crippen LogP contribution in [-0.4, -0.2) is 22.0 Å². The highest BCUT2D eigenvalue weighted by Crippen LogP contribution is 2.29. The van der Waals surface area contributed by atoms with Crippen LogP contribution in [0.5, 0.6) is 5.75 Å². The monoisotopic (exact) mass is 198 g/mol. The molecule has 0 fully saturated rings. The molecule has 0 radical (unpaired) electrons. The highest BCUT2D eigenvalue weighted by atomic mass is 16.5. The summed E-state index contributed by atoms with van der Waals surface area (Å²) < 4.78 is 6.92. The van der Waals surface area contributed by atoms with Gasteiger partial charge in [-0.1, -0.05) is 13.8 Å². The quantitative estimate of drug-likeness (QED) is 0.799. The van der Waals surface area contributed by atoms with E-state index in [-0.39, 0.29) is 5.92 Å². The molecule has 0 bridgehead atoms. The number of nitrogens with zero attached hydrogens (tertiary/aromatic N) is 2. The molecule has 4 nitrogen and oxygen atoms in total. The van der Waals surface area contributed by atoms with Crippen LogP contribution in [0.3, 0.4) is 0 Å². The Morgan fingerprint density at radius 3 is 2.64 bits per heavy atom. The van der Waals surface area contributed by atoms with Gasteiger partial charge in [-0.05, 0) is 12.8 Å². The van der Waals surface area contributed by atoms with Gasteiger partial charge in [-0.25, -0.2) is 0 Å². The van der Waals surface area contributed by atoms with Gasteiger partial charge < -0.3 is 9.84 Å². The summed E-state index contributed by atoms with van der Waals surface area (Å²) in [6.45, 7) is 6.67. The number of rotatable bonds is 4. The van der Waals surface area contributed by atoms with E-state index in [1.807, 2.05) is 20.8 Å². The molecule has 1 rings (SSSR count). The molecule has 4 heteroatoms. The molecule has 80 valence electrons. The van der Waals surface area contributed by atoms with Gasteiger partial charge in [0.25, 0.3) is 0 Å². The molecule has 0 amide bonds. The standard InChI is InChI=1S/C10H18N2O2/c1-5-12-9(10(13)7(2)3)8(14-4)6-11-12/h6-7,10,13H,5H2,1-4H3. The largest absolute Gasteiger partial charge is 0.493 e. The minimum atomic E-state index is -0.521. The zero-order valence-electron chi connectivity index (χ0n) is 9.19. The third-order valence-electron chi connectivity index (χ3n) is 2.28. The number of aliphatic hydroxyl groups excluding tert-OH is 1.